The van der Waals surface area contributed by atoms with Gasteiger partial charge in [0, 0.05) is 24.3 Å². The zero-order valence-electron chi connectivity index (χ0n) is 19.9. The van der Waals surface area contributed by atoms with Crippen molar-refractivity contribution in [2.24, 2.45) is 0 Å². The molecule has 1 N–H and O–H groups in total. The van der Waals surface area contributed by atoms with Gasteiger partial charge in [0.15, 0.2) is 0 Å². The third kappa shape index (κ3) is 5.02. The molecule has 0 atom stereocenters. The molecule has 0 fully saturated rings. The van der Waals surface area contributed by atoms with Gasteiger partial charge < -0.3 is 15.0 Å². The number of hydrogen-bond acceptors (Lipinski definition) is 5. The van der Waals surface area contributed by atoms with Crippen LogP contribution >= 0.6 is 0 Å². The Morgan fingerprint density at radius 1 is 1.00 bits per heavy atom. The number of fused-ring (bicyclic) bond motifs is 1. The second kappa shape index (κ2) is 10.3. The molecular formula is C29H23N5O3. The van der Waals surface area contributed by atoms with Gasteiger partial charge in [-0.2, -0.15) is 10.4 Å². The van der Waals surface area contributed by atoms with E-state index in [0.717, 1.165) is 35.1 Å². The highest BCUT2D eigenvalue weighted by Crippen LogP contribution is 2.25. The quantitative estimate of drug-likeness (QED) is 0.395. The van der Waals surface area contributed by atoms with Crippen LogP contribution in [0.5, 0.6) is 0 Å². The number of carbonyl (C=O) groups excluding carboxylic acids is 3. The molecule has 1 aliphatic rings. The number of carbonyl (C=O) groups is 3. The highest BCUT2D eigenvalue weighted by atomic mass is 16.2. The van der Waals surface area contributed by atoms with E-state index >= 15 is 0 Å². The number of nitrogens with zero attached hydrogens (tertiary/aromatic N) is 4. The highest BCUT2D eigenvalue weighted by molar-refractivity contribution is 6.15. The summed E-state index contributed by atoms with van der Waals surface area (Å²) in [6.07, 6.45) is 3.45. The molecule has 0 aliphatic carbocycles. The first kappa shape index (κ1) is 23.7. The Morgan fingerprint density at radius 3 is 2.41 bits per heavy atom. The minimum absolute atomic E-state index is 0.187. The first-order valence-corrected chi connectivity index (χ1v) is 11.9. The van der Waals surface area contributed by atoms with Crippen LogP contribution in [0.4, 0.5) is 11.4 Å². The Kier molecular flexibility index (Phi) is 6.60. The number of hydrogen-bond donors (Lipinski definition) is 1. The van der Waals surface area contributed by atoms with Gasteiger partial charge in [0.25, 0.3) is 11.8 Å². The van der Waals surface area contributed by atoms with Gasteiger partial charge in [-0.25, -0.2) is 0 Å². The third-order valence-electron chi connectivity index (χ3n) is 6.32. The second-order valence-corrected chi connectivity index (χ2v) is 8.76. The summed E-state index contributed by atoms with van der Waals surface area (Å²) in [4.78, 5) is 38.7. The standard InChI is InChI=1S/C29H23N5O3/c30-18-23-2-1-3-24(17-23)32-28(36)26-19-31-34-14-13-33(29(37)27(26)34)25-10-8-22(9-11-25)16-21-6-4-20(5-7-21)12-15-35/h1-11,15,17,19H,12-14,16H2,(H,32,36). The summed E-state index contributed by atoms with van der Waals surface area (Å²) in [5.41, 5.74) is 5.29. The van der Waals surface area contributed by atoms with Crippen molar-refractivity contribution in [2.45, 2.75) is 19.4 Å². The lowest BCUT2D eigenvalue weighted by Crippen LogP contribution is -2.41. The van der Waals surface area contributed by atoms with E-state index in [1.807, 2.05) is 54.6 Å². The molecule has 4 aromatic rings. The van der Waals surface area contributed by atoms with Crippen LogP contribution in [0.25, 0.3) is 0 Å². The minimum Gasteiger partial charge on any atom is -0.322 e. The molecule has 0 saturated carbocycles. The van der Waals surface area contributed by atoms with Crippen molar-refractivity contribution < 1.29 is 14.4 Å². The summed E-state index contributed by atoms with van der Waals surface area (Å²) >= 11 is 0. The van der Waals surface area contributed by atoms with Crippen LogP contribution in [0.3, 0.4) is 0 Å². The van der Waals surface area contributed by atoms with Crippen molar-refractivity contribution in [2.75, 3.05) is 16.8 Å². The van der Waals surface area contributed by atoms with Crippen molar-refractivity contribution in [1.82, 2.24) is 9.78 Å². The Labute approximate surface area is 213 Å². The summed E-state index contributed by atoms with van der Waals surface area (Å²) < 4.78 is 1.56. The van der Waals surface area contributed by atoms with Crippen LogP contribution in [-0.2, 0) is 24.2 Å². The van der Waals surface area contributed by atoms with Crippen LogP contribution in [-0.4, -0.2) is 34.4 Å². The van der Waals surface area contributed by atoms with E-state index in [9.17, 15) is 14.4 Å². The van der Waals surface area contributed by atoms with E-state index in [4.69, 9.17) is 5.26 Å². The van der Waals surface area contributed by atoms with Gasteiger partial charge in [-0.3, -0.25) is 14.3 Å². The molecule has 182 valence electrons. The molecule has 8 heteroatoms. The van der Waals surface area contributed by atoms with Gasteiger partial charge in [-0.15, -0.1) is 0 Å². The fraction of sp³-hybridized carbons (Fsp3) is 0.138. The van der Waals surface area contributed by atoms with E-state index < -0.39 is 5.91 Å². The molecule has 5 rings (SSSR count). The van der Waals surface area contributed by atoms with E-state index in [1.54, 1.807) is 33.8 Å². The molecule has 37 heavy (non-hydrogen) atoms. The van der Waals surface area contributed by atoms with Crippen molar-refractivity contribution in [3.8, 4) is 6.07 Å². The molecule has 0 saturated heterocycles. The lowest BCUT2D eigenvalue weighted by Gasteiger charge is -2.28. The molecule has 1 aromatic heterocycles. The van der Waals surface area contributed by atoms with Crippen LogP contribution < -0.4 is 10.2 Å². The number of amides is 2. The van der Waals surface area contributed by atoms with Crippen LogP contribution in [0.1, 0.15) is 43.1 Å². The Hall–Kier alpha value is -5.03. The zero-order chi connectivity index (χ0) is 25.8. The average molecular weight is 490 g/mol. The monoisotopic (exact) mass is 489 g/mol. The average Bonchev–Trinajstić information content (AvgIpc) is 3.36. The number of nitrogens with one attached hydrogen (secondary N) is 1. The maximum Gasteiger partial charge on any atom is 0.277 e. The predicted octanol–water partition coefficient (Wildman–Crippen LogP) is 4.00. The maximum absolute atomic E-state index is 13.4. The maximum atomic E-state index is 13.4. The summed E-state index contributed by atoms with van der Waals surface area (Å²) in [5, 5.41) is 16.1. The minimum atomic E-state index is -0.457. The molecule has 1 aliphatic heterocycles. The van der Waals surface area contributed by atoms with Gasteiger partial charge in [0.05, 0.1) is 29.9 Å². The van der Waals surface area contributed by atoms with Crippen molar-refractivity contribution in [3.63, 3.8) is 0 Å². The van der Waals surface area contributed by atoms with Gasteiger partial charge in [-0.05, 0) is 53.4 Å². The molecule has 3 aromatic carbocycles. The lowest BCUT2D eigenvalue weighted by molar-refractivity contribution is -0.107. The van der Waals surface area contributed by atoms with Crippen LogP contribution in [0.2, 0.25) is 0 Å². The molecule has 2 heterocycles. The molecule has 0 bridgehead atoms. The topological polar surface area (TPSA) is 108 Å². The highest BCUT2D eigenvalue weighted by Gasteiger charge is 2.32. The number of anilines is 2. The van der Waals surface area contributed by atoms with E-state index in [-0.39, 0.29) is 17.2 Å². The van der Waals surface area contributed by atoms with Gasteiger partial charge in [0.2, 0.25) is 0 Å². The third-order valence-corrected chi connectivity index (χ3v) is 6.32. The van der Waals surface area contributed by atoms with Crippen LogP contribution in [0, 0.1) is 11.3 Å². The summed E-state index contributed by atoms with van der Waals surface area (Å²) in [7, 11) is 0. The number of aromatic nitrogens is 2. The second-order valence-electron chi connectivity index (χ2n) is 8.76. The molecule has 8 nitrogen and oxygen atoms in total. The fourth-order valence-electron chi connectivity index (χ4n) is 4.40. The van der Waals surface area contributed by atoms with Crippen LogP contribution in [0.15, 0.2) is 79.0 Å². The molecule has 0 radical (unpaired) electrons. The SMILES string of the molecule is N#Cc1cccc(NC(=O)c2cnn3c2C(=O)N(c2ccc(Cc4ccc(CC=O)cc4)cc2)CC3)c1. The Bertz CT molecular complexity index is 1510. The summed E-state index contributed by atoms with van der Waals surface area (Å²) in [6, 6.07) is 24.4. The number of rotatable bonds is 7. The lowest BCUT2D eigenvalue weighted by atomic mass is 10.0. The molecular weight excluding hydrogens is 466 g/mol. The largest absolute Gasteiger partial charge is 0.322 e. The number of nitriles is 1. The van der Waals surface area contributed by atoms with E-state index in [1.165, 1.54) is 6.20 Å². The van der Waals surface area contributed by atoms with Crippen molar-refractivity contribution in [3.05, 3.63) is 113 Å². The fourth-order valence-corrected chi connectivity index (χ4v) is 4.40. The smallest absolute Gasteiger partial charge is 0.277 e. The molecule has 0 spiro atoms. The Balaban J connectivity index is 1.31. The summed E-state index contributed by atoms with van der Waals surface area (Å²) in [6.45, 7) is 0.906. The van der Waals surface area contributed by atoms with Crippen molar-refractivity contribution in [1.29, 1.82) is 5.26 Å². The van der Waals surface area contributed by atoms with E-state index in [0.29, 0.717) is 30.8 Å². The molecule has 2 amide bonds. The van der Waals surface area contributed by atoms with Gasteiger partial charge in [0.1, 0.15) is 12.0 Å². The summed E-state index contributed by atoms with van der Waals surface area (Å²) in [5.74, 6) is -0.751. The number of aldehydes is 1. The number of benzene rings is 3. The first-order chi connectivity index (χ1) is 18.1. The van der Waals surface area contributed by atoms with E-state index in [2.05, 4.69) is 10.4 Å². The van der Waals surface area contributed by atoms with Gasteiger partial charge in [-0.1, -0.05) is 42.5 Å². The predicted molar refractivity (Wildman–Crippen MR) is 138 cm³/mol. The zero-order valence-corrected chi connectivity index (χ0v) is 19.9. The Morgan fingerprint density at radius 2 is 1.70 bits per heavy atom. The van der Waals surface area contributed by atoms with Gasteiger partial charge >= 0.3 is 0 Å². The van der Waals surface area contributed by atoms with Crippen molar-refractivity contribution >= 4 is 29.5 Å². The normalized spacial score (nSPS) is 12.5. The molecule has 0 unspecified atom stereocenters. The first-order valence-electron chi connectivity index (χ1n) is 11.9.